The van der Waals surface area contributed by atoms with Crippen molar-refractivity contribution in [1.29, 1.82) is 0 Å². The maximum Gasteiger partial charge on any atom is 0.304 e. The summed E-state index contributed by atoms with van der Waals surface area (Å²) >= 11 is 0. The van der Waals surface area contributed by atoms with E-state index >= 15 is 0 Å². The number of nitrogens with one attached hydrogen (secondary N) is 1. The molecule has 23 heavy (non-hydrogen) atoms. The van der Waals surface area contributed by atoms with E-state index in [1.54, 1.807) is 6.42 Å². The molecule has 1 saturated heterocycles. The van der Waals surface area contributed by atoms with Gasteiger partial charge in [0.15, 0.2) is 8.32 Å². The fourth-order valence-electron chi connectivity index (χ4n) is 1.93. The third kappa shape index (κ3) is 9.97. The molecule has 6 nitrogen and oxygen atoms in total. The third-order valence-electron chi connectivity index (χ3n) is 2.96. The molecule has 1 aliphatic rings. The van der Waals surface area contributed by atoms with Crippen molar-refractivity contribution in [2.75, 3.05) is 13.2 Å². The van der Waals surface area contributed by atoms with Crippen molar-refractivity contribution in [3.63, 3.8) is 0 Å². The first-order chi connectivity index (χ1) is 10.2. The van der Waals surface area contributed by atoms with Crippen LogP contribution in [0, 0.1) is 6.42 Å². The first kappa shape index (κ1) is 23.2. The van der Waals surface area contributed by atoms with Crippen LogP contribution in [0.4, 0.5) is 0 Å². The number of carbonyl (C=O) groups excluding carboxylic acids is 2. The van der Waals surface area contributed by atoms with Crippen molar-refractivity contribution in [2.45, 2.75) is 57.6 Å². The molecule has 3 atom stereocenters. The van der Waals surface area contributed by atoms with Crippen LogP contribution in [0.25, 0.3) is 0 Å². The van der Waals surface area contributed by atoms with Gasteiger partial charge >= 0.3 is 5.97 Å². The Morgan fingerprint density at radius 1 is 1.30 bits per heavy atom. The summed E-state index contributed by atoms with van der Waals surface area (Å²) < 4.78 is 16.6. The molecular formula is C14H25BNO5SiY-. The predicted octanol–water partition coefficient (Wildman–Crippen LogP) is 0.761. The van der Waals surface area contributed by atoms with Crippen LogP contribution in [0.2, 0.25) is 19.6 Å². The van der Waals surface area contributed by atoms with Crippen LogP contribution in [-0.4, -0.2) is 59.4 Å². The molecule has 9 heteroatoms. The number of hydrogen-bond acceptors (Lipinski definition) is 5. The Labute approximate surface area is 166 Å². The van der Waals surface area contributed by atoms with E-state index in [4.69, 9.17) is 21.7 Å². The molecule has 127 valence electrons. The van der Waals surface area contributed by atoms with Gasteiger partial charge in [-0.2, -0.15) is 0 Å². The smallest absolute Gasteiger partial charge is 0.304 e. The molecule has 0 unspecified atom stereocenters. The molecule has 0 aliphatic carbocycles. The minimum atomic E-state index is -1.68. The van der Waals surface area contributed by atoms with Crippen molar-refractivity contribution in [3.8, 4) is 0 Å². The van der Waals surface area contributed by atoms with Crippen molar-refractivity contribution in [1.82, 2.24) is 5.32 Å². The molecule has 0 saturated carbocycles. The van der Waals surface area contributed by atoms with Crippen molar-refractivity contribution < 1.29 is 56.2 Å². The van der Waals surface area contributed by atoms with Crippen molar-refractivity contribution in [2.24, 2.45) is 0 Å². The number of amides is 1. The zero-order chi connectivity index (χ0) is 16.8. The predicted molar refractivity (Wildman–Crippen MR) is 85.8 cm³/mol. The topological polar surface area (TPSA) is 73.9 Å². The molecule has 0 aromatic rings. The quantitative estimate of drug-likeness (QED) is 0.360. The summed E-state index contributed by atoms with van der Waals surface area (Å²) in [6.45, 7) is 8.92. The standard InChI is InChI=1S/C14H25BNO5Si.Y/c1-5-16-13(17)6-7-14(18)21-10-8-12(15)20-11(10)9-19-22(2,3)4;/h8,10-12H,5-7,9H2,1-4H3,(H,16,17);/q-1;/t10-,11-,12-;/m1./s1. The van der Waals surface area contributed by atoms with Gasteiger partial charge in [0.1, 0.15) is 0 Å². The first-order valence-corrected chi connectivity index (χ1v) is 11.0. The largest absolute Gasteiger partial charge is 0.493 e. The third-order valence-corrected chi connectivity index (χ3v) is 3.99. The molecule has 1 N–H and O–H groups in total. The van der Waals surface area contributed by atoms with E-state index in [1.165, 1.54) is 0 Å². The Bertz CT molecular complexity index is 394. The van der Waals surface area contributed by atoms with E-state index in [0.29, 0.717) is 13.2 Å². The monoisotopic (exact) mass is 415 g/mol. The van der Waals surface area contributed by atoms with E-state index in [-0.39, 0.29) is 51.5 Å². The van der Waals surface area contributed by atoms with Gasteiger partial charge in [0.25, 0.3) is 0 Å². The van der Waals surface area contributed by atoms with Gasteiger partial charge in [0, 0.05) is 51.8 Å². The first-order valence-electron chi connectivity index (χ1n) is 7.57. The average molecular weight is 415 g/mol. The van der Waals surface area contributed by atoms with Crippen LogP contribution >= 0.6 is 0 Å². The SMILES string of the molecule is [B][C@H]1[CH-][C@@H](OC(=O)CCC(=O)NCC)[C@@H](CO[Si](C)(C)C)O1.[Y]. The summed E-state index contributed by atoms with van der Waals surface area (Å²) in [5.74, 6) is -0.607. The molecule has 1 heterocycles. The normalized spacial score (nSPS) is 23.9. The Morgan fingerprint density at radius 2 is 1.96 bits per heavy atom. The second-order valence-corrected chi connectivity index (χ2v) is 10.7. The fraction of sp³-hybridized carbons (Fsp3) is 0.786. The van der Waals surface area contributed by atoms with E-state index < -0.39 is 32.5 Å². The second-order valence-electron chi connectivity index (χ2n) is 6.16. The van der Waals surface area contributed by atoms with Crippen LogP contribution in [0.5, 0.6) is 0 Å². The average Bonchev–Trinajstić information content (AvgIpc) is 2.74. The summed E-state index contributed by atoms with van der Waals surface area (Å²) in [6.07, 6.45) is 0.862. The zero-order valence-electron chi connectivity index (χ0n) is 14.3. The van der Waals surface area contributed by atoms with Crippen LogP contribution in [0.15, 0.2) is 0 Å². The van der Waals surface area contributed by atoms with Gasteiger partial charge in [-0.1, -0.05) is 6.00 Å². The second kappa shape index (κ2) is 11.0. The Kier molecular flexibility index (Phi) is 11.1. The van der Waals surface area contributed by atoms with Crippen LogP contribution in [0.3, 0.4) is 0 Å². The van der Waals surface area contributed by atoms with Crippen LogP contribution in [-0.2, 0) is 56.2 Å². The number of carbonyl (C=O) groups is 2. The van der Waals surface area contributed by atoms with Crippen LogP contribution in [0.1, 0.15) is 19.8 Å². The Balaban J connectivity index is 0.00000484. The maximum atomic E-state index is 11.8. The maximum absolute atomic E-state index is 11.8. The molecule has 1 amide bonds. The molecule has 3 radical (unpaired) electrons. The van der Waals surface area contributed by atoms with Gasteiger partial charge in [0.05, 0.1) is 27.0 Å². The summed E-state index contributed by atoms with van der Waals surface area (Å²) in [7, 11) is 4.03. The minimum Gasteiger partial charge on any atom is -0.493 e. The Morgan fingerprint density at radius 3 is 2.52 bits per heavy atom. The van der Waals surface area contributed by atoms with E-state index in [1.807, 2.05) is 6.92 Å². The van der Waals surface area contributed by atoms with Crippen molar-refractivity contribution in [3.05, 3.63) is 6.42 Å². The zero-order valence-corrected chi connectivity index (χ0v) is 18.2. The molecule has 0 aromatic heterocycles. The molecule has 1 rings (SSSR count). The summed E-state index contributed by atoms with van der Waals surface area (Å²) in [5.41, 5.74) is 0. The number of hydrogen-bond donors (Lipinski definition) is 1. The summed E-state index contributed by atoms with van der Waals surface area (Å²) in [5, 5.41) is 2.63. The number of rotatable bonds is 8. The van der Waals surface area contributed by atoms with E-state index in [0.717, 1.165) is 0 Å². The minimum absolute atomic E-state index is 0. The van der Waals surface area contributed by atoms with Gasteiger partial charge in [-0.15, -0.1) is 0 Å². The van der Waals surface area contributed by atoms with Gasteiger partial charge in [-0.05, 0) is 26.6 Å². The molecule has 0 aromatic carbocycles. The molecule has 0 bridgehead atoms. The van der Waals surface area contributed by atoms with Crippen LogP contribution < -0.4 is 5.32 Å². The molecular weight excluding hydrogens is 390 g/mol. The van der Waals surface area contributed by atoms with Crippen molar-refractivity contribution >= 4 is 28.0 Å². The fourth-order valence-corrected chi connectivity index (χ4v) is 2.59. The van der Waals surface area contributed by atoms with Gasteiger partial charge < -0.3 is 19.2 Å². The summed E-state index contributed by atoms with van der Waals surface area (Å²) in [6, 6.07) is -0.573. The number of ether oxygens (including phenoxy) is 2. The van der Waals surface area contributed by atoms with Gasteiger partial charge in [-0.3, -0.25) is 16.0 Å². The molecule has 1 fully saturated rings. The molecule has 0 spiro atoms. The van der Waals surface area contributed by atoms with E-state index in [2.05, 4.69) is 25.0 Å². The van der Waals surface area contributed by atoms with Gasteiger partial charge in [0.2, 0.25) is 5.91 Å². The Hall–Kier alpha value is 0.246. The summed E-state index contributed by atoms with van der Waals surface area (Å²) in [4.78, 5) is 23.1. The number of esters is 1. The molecule has 1 aliphatic heterocycles. The van der Waals surface area contributed by atoms with Gasteiger partial charge in [-0.25, -0.2) is 0 Å². The van der Waals surface area contributed by atoms with E-state index in [9.17, 15) is 9.59 Å².